The molecule has 5 nitrogen and oxygen atoms in total. The molecule has 144 valence electrons. The van der Waals surface area contributed by atoms with Crippen molar-refractivity contribution in [3.05, 3.63) is 71.8 Å². The minimum Gasteiger partial charge on any atom is -0.346 e. The largest absolute Gasteiger partial charge is 0.346 e. The van der Waals surface area contributed by atoms with Gasteiger partial charge in [0.25, 0.3) is 0 Å². The molecule has 0 saturated heterocycles. The van der Waals surface area contributed by atoms with Crippen LogP contribution in [0.3, 0.4) is 0 Å². The van der Waals surface area contributed by atoms with Crippen molar-refractivity contribution in [2.45, 2.75) is 39.4 Å². The zero-order valence-electron chi connectivity index (χ0n) is 16.3. The van der Waals surface area contributed by atoms with E-state index in [-0.39, 0.29) is 30.3 Å². The molecule has 1 unspecified atom stereocenters. The number of carbonyl (C=O) groups is 2. The van der Waals surface area contributed by atoms with E-state index in [0.717, 1.165) is 11.1 Å². The second-order valence-electron chi connectivity index (χ2n) is 7.08. The molecular formula is C22H29N3O2. The number of nitrogens with two attached hydrogens (primary N) is 1. The molecule has 2 aromatic carbocycles. The van der Waals surface area contributed by atoms with Crippen LogP contribution in [-0.4, -0.2) is 29.3 Å². The summed E-state index contributed by atoms with van der Waals surface area (Å²) in [4.78, 5) is 26.8. The Balaban J connectivity index is 2.13. The van der Waals surface area contributed by atoms with Gasteiger partial charge in [-0.15, -0.1) is 0 Å². The van der Waals surface area contributed by atoms with Gasteiger partial charge in [-0.1, -0.05) is 74.5 Å². The van der Waals surface area contributed by atoms with Crippen molar-refractivity contribution in [1.82, 2.24) is 10.2 Å². The average Bonchev–Trinajstić information content (AvgIpc) is 2.70. The van der Waals surface area contributed by atoms with Crippen LogP contribution in [0.1, 0.15) is 37.9 Å². The molecule has 0 fully saturated rings. The van der Waals surface area contributed by atoms with Gasteiger partial charge in [-0.25, -0.2) is 0 Å². The molecule has 0 spiro atoms. The molecular weight excluding hydrogens is 338 g/mol. The number of hydrogen-bond donors (Lipinski definition) is 2. The molecule has 0 heterocycles. The van der Waals surface area contributed by atoms with Gasteiger partial charge in [0.05, 0.1) is 18.6 Å². The summed E-state index contributed by atoms with van der Waals surface area (Å²) in [5, 5.41) is 2.68. The number of benzene rings is 2. The Morgan fingerprint density at radius 3 is 2.07 bits per heavy atom. The van der Waals surface area contributed by atoms with Crippen molar-refractivity contribution in [1.29, 1.82) is 0 Å². The molecule has 0 aromatic heterocycles. The molecule has 2 rings (SSSR count). The van der Waals surface area contributed by atoms with Crippen LogP contribution in [0.25, 0.3) is 0 Å². The molecule has 2 atom stereocenters. The van der Waals surface area contributed by atoms with Crippen molar-refractivity contribution in [3.8, 4) is 0 Å². The minimum absolute atomic E-state index is 0.0174. The summed E-state index contributed by atoms with van der Waals surface area (Å²) in [6.07, 6.45) is 0. The molecule has 0 aliphatic heterocycles. The second kappa shape index (κ2) is 9.88. The van der Waals surface area contributed by atoms with Crippen molar-refractivity contribution >= 4 is 11.8 Å². The lowest BCUT2D eigenvalue weighted by Crippen LogP contribution is -2.48. The third-order valence-corrected chi connectivity index (χ3v) is 4.70. The molecule has 0 saturated carbocycles. The number of hydrogen-bond acceptors (Lipinski definition) is 3. The maximum absolute atomic E-state index is 12.9. The van der Waals surface area contributed by atoms with Crippen molar-refractivity contribution in [2.24, 2.45) is 11.7 Å². The lowest BCUT2D eigenvalue weighted by molar-refractivity contribution is -0.135. The zero-order valence-corrected chi connectivity index (χ0v) is 16.3. The molecule has 27 heavy (non-hydrogen) atoms. The molecule has 0 aliphatic carbocycles. The Bertz CT molecular complexity index is 732. The van der Waals surface area contributed by atoms with Gasteiger partial charge in [0, 0.05) is 6.54 Å². The first-order chi connectivity index (χ1) is 12.9. The quantitative estimate of drug-likeness (QED) is 0.753. The Morgan fingerprint density at radius 2 is 1.52 bits per heavy atom. The maximum Gasteiger partial charge on any atom is 0.242 e. The molecule has 0 radical (unpaired) electrons. The normalized spacial score (nSPS) is 13.1. The third kappa shape index (κ3) is 5.93. The van der Waals surface area contributed by atoms with Crippen LogP contribution in [-0.2, 0) is 16.1 Å². The van der Waals surface area contributed by atoms with E-state index >= 15 is 0 Å². The highest BCUT2D eigenvalue weighted by Gasteiger charge is 2.23. The zero-order chi connectivity index (χ0) is 19.8. The van der Waals surface area contributed by atoms with Crippen LogP contribution in [0.2, 0.25) is 0 Å². The van der Waals surface area contributed by atoms with E-state index in [9.17, 15) is 9.59 Å². The van der Waals surface area contributed by atoms with E-state index < -0.39 is 6.04 Å². The highest BCUT2D eigenvalue weighted by Crippen LogP contribution is 2.22. The second-order valence-corrected chi connectivity index (χ2v) is 7.08. The summed E-state index contributed by atoms with van der Waals surface area (Å²) in [5.41, 5.74) is 7.95. The Morgan fingerprint density at radius 1 is 0.963 bits per heavy atom. The van der Waals surface area contributed by atoms with Crippen LogP contribution in [0.4, 0.5) is 0 Å². The number of amides is 2. The van der Waals surface area contributed by atoms with E-state index in [1.807, 2.05) is 81.4 Å². The highest BCUT2D eigenvalue weighted by atomic mass is 16.2. The van der Waals surface area contributed by atoms with Gasteiger partial charge in [0.1, 0.15) is 0 Å². The summed E-state index contributed by atoms with van der Waals surface area (Å²) in [7, 11) is 0. The van der Waals surface area contributed by atoms with Gasteiger partial charge in [-0.2, -0.15) is 0 Å². The predicted molar refractivity (Wildman–Crippen MR) is 108 cm³/mol. The van der Waals surface area contributed by atoms with E-state index in [2.05, 4.69) is 5.32 Å². The van der Waals surface area contributed by atoms with E-state index in [0.29, 0.717) is 6.54 Å². The topological polar surface area (TPSA) is 75.4 Å². The Kier molecular flexibility index (Phi) is 7.55. The Labute approximate surface area is 161 Å². The fraction of sp³-hybridized carbons (Fsp3) is 0.364. The highest BCUT2D eigenvalue weighted by molar-refractivity contribution is 5.87. The monoisotopic (exact) mass is 367 g/mol. The molecule has 0 aliphatic rings. The lowest BCUT2D eigenvalue weighted by atomic mass is 10.0. The molecule has 3 N–H and O–H groups in total. The van der Waals surface area contributed by atoms with E-state index in [4.69, 9.17) is 5.73 Å². The minimum atomic E-state index is -0.619. The van der Waals surface area contributed by atoms with Crippen molar-refractivity contribution in [2.75, 3.05) is 6.54 Å². The van der Waals surface area contributed by atoms with Gasteiger partial charge < -0.3 is 16.0 Å². The first kappa shape index (κ1) is 20.6. The third-order valence-electron chi connectivity index (χ3n) is 4.70. The van der Waals surface area contributed by atoms with Crippen LogP contribution in [0.15, 0.2) is 60.7 Å². The number of nitrogens with one attached hydrogen (secondary N) is 1. The smallest absolute Gasteiger partial charge is 0.242 e. The standard InChI is InChI=1S/C22H29N3O2/c1-16(2)21(23)22(27)24-14-20(26)25(15-18-10-6-4-7-11-18)17(3)19-12-8-5-9-13-19/h4-13,16-17,21H,14-15,23H2,1-3H3,(H,24,27)/t17?,21-/m0/s1. The first-order valence-corrected chi connectivity index (χ1v) is 9.31. The Hall–Kier alpha value is -2.66. The number of nitrogens with zero attached hydrogens (tertiary/aromatic N) is 1. The predicted octanol–water partition coefficient (Wildman–Crippen LogP) is 2.88. The average molecular weight is 367 g/mol. The molecule has 0 bridgehead atoms. The number of rotatable bonds is 8. The fourth-order valence-corrected chi connectivity index (χ4v) is 2.82. The van der Waals surface area contributed by atoms with Crippen LogP contribution in [0, 0.1) is 5.92 Å². The van der Waals surface area contributed by atoms with Crippen molar-refractivity contribution < 1.29 is 9.59 Å². The van der Waals surface area contributed by atoms with Gasteiger partial charge in [0.2, 0.25) is 11.8 Å². The fourth-order valence-electron chi connectivity index (χ4n) is 2.82. The SMILES string of the molecule is CC(C)[C@H](N)C(=O)NCC(=O)N(Cc1ccccc1)C(C)c1ccccc1. The molecule has 2 amide bonds. The summed E-state index contributed by atoms with van der Waals surface area (Å²) >= 11 is 0. The number of carbonyl (C=O) groups excluding carboxylic acids is 2. The van der Waals surface area contributed by atoms with Crippen LogP contribution in [0.5, 0.6) is 0 Å². The maximum atomic E-state index is 12.9. The lowest BCUT2D eigenvalue weighted by Gasteiger charge is -2.30. The van der Waals surface area contributed by atoms with Gasteiger partial charge in [-0.05, 0) is 24.0 Å². The first-order valence-electron chi connectivity index (χ1n) is 9.31. The summed E-state index contributed by atoms with van der Waals surface area (Å²) < 4.78 is 0. The summed E-state index contributed by atoms with van der Waals surface area (Å²) in [5.74, 6) is -0.423. The molecule has 5 heteroatoms. The van der Waals surface area contributed by atoms with Gasteiger partial charge in [0.15, 0.2) is 0 Å². The van der Waals surface area contributed by atoms with Gasteiger partial charge >= 0.3 is 0 Å². The van der Waals surface area contributed by atoms with E-state index in [1.165, 1.54) is 0 Å². The summed E-state index contributed by atoms with van der Waals surface area (Å²) in [6, 6.07) is 19.0. The van der Waals surface area contributed by atoms with Crippen molar-refractivity contribution in [3.63, 3.8) is 0 Å². The molecule has 2 aromatic rings. The van der Waals surface area contributed by atoms with Gasteiger partial charge in [-0.3, -0.25) is 9.59 Å². The summed E-state index contributed by atoms with van der Waals surface area (Å²) in [6.45, 7) is 6.17. The van der Waals surface area contributed by atoms with Crippen LogP contribution < -0.4 is 11.1 Å². The van der Waals surface area contributed by atoms with E-state index in [1.54, 1.807) is 4.90 Å². The van der Waals surface area contributed by atoms with Crippen LogP contribution >= 0.6 is 0 Å².